The van der Waals surface area contributed by atoms with Gasteiger partial charge in [-0.15, -0.1) is 0 Å². The van der Waals surface area contributed by atoms with Gasteiger partial charge in [0.2, 0.25) is 0 Å². The van der Waals surface area contributed by atoms with Gasteiger partial charge < -0.3 is 19.0 Å². The lowest BCUT2D eigenvalue weighted by molar-refractivity contribution is 0.137. The maximum absolute atomic E-state index is 8.56. The van der Waals surface area contributed by atoms with Crippen LogP contribution in [0.25, 0.3) is 0 Å². The Bertz CT molecular complexity index is 350. The van der Waals surface area contributed by atoms with Crippen molar-refractivity contribution in [3.63, 3.8) is 0 Å². The third-order valence-electron chi connectivity index (χ3n) is 1.78. The molecule has 0 aliphatic carbocycles. The van der Waals surface area contributed by atoms with Crippen LogP contribution in [0.3, 0.4) is 0 Å². The molecule has 5 nitrogen and oxygen atoms in total. The highest BCUT2D eigenvalue weighted by molar-refractivity contribution is 5.53. The maximum atomic E-state index is 8.56. The van der Waals surface area contributed by atoms with Crippen molar-refractivity contribution in [2.24, 2.45) is 0 Å². The van der Waals surface area contributed by atoms with Gasteiger partial charge in [-0.05, 0) is 24.3 Å². The molecule has 2 heterocycles. The van der Waals surface area contributed by atoms with Gasteiger partial charge in [-0.2, -0.15) is 0 Å². The van der Waals surface area contributed by atoms with Crippen molar-refractivity contribution in [2.45, 2.75) is 12.8 Å². The van der Waals surface area contributed by atoms with Crippen LogP contribution in [0.15, 0.2) is 45.6 Å². The molecule has 0 atom stereocenters. The largest absolute Gasteiger partial charge is 0.503 e. The van der Waals surface area contributed by atoms with E-state index in [1.54, 1.807) is 12.5 Å². The van der Waals surface area contributed by atoms with Gasteiger partial charge in [-0.1, -0.05) is 0 Å². The number of carbonyl (C=O) groups is 1. The fourth-order valence-corrected chi connectivity index (χ4v) is 1.16. The van der Waals surface area contributed by atoms with E-state index in [1.165, 1.54) is 0 Å². The Labute approximate surface area is 91.9 Å². The lowest BCUT2D eigenvalue weighted by Gasteiger charge is -1.92. The van der Waals surface area contributed by atoms with E-state index in [0.29, 0.717) is 0 Å². The molecule has 0 amide bonds. The first-order valence-corrected chi connectivity index (χ1v) is 4.65. The van der Waals surface area contributed by atoms with Crippen molar-refractivity contribution < 1.29 is 23.8 Å². The summed E-state index contributed by atoms with van der Waals surface area (Å²) in [4.78, 5) is 8.56. The van der Waals surface area contributed by atoms with Crippen LogP contribution in [0.4, 0.5) is 4.79 Å². The van der Waals surface area contributed by atoms with E-state index in [4.69, 9.17) is 23.8 Å². The minimum Gasteiger partial charge on any atom is -0.469 e. The number of hydrogen-bond acceptors (Lipinski definition) is 3. The summed E-state index contributed by atoms with van der Waals surface area (Å²) in [5.74, 6) is 2.01. The monoisotopic (exact) mass is 224 g/mol. The van der Waals surface area contributed by atoms with Crippen molar-refractivity contribution in [2.75, 3.05) is 0 Å². The Morgan fingerprint density at radius 3 is 1.62 bits per heavy atom. The average molecular weight is 224 g/mol. The van der Waals surface area contributed by atoms with Gasteiger partial charge >= 0.3 is 6.16 Å². The minimum atomic E-state index is -1.83. The third-order valence-corrected chi connectivity index (χ3v) is 1.78. The van der Waals surface area contributed by atoms with Crippen LogP contribution in [-0.2, 0) is 12.8 Å². The zero-order chi connectivity index (χ0) is 11.8. The average Bonchev–Trinajstić information content (AvgIpc) is 2.87. The summed E-state index contributed by atoms with van der Waals surface area (Å²) in [5.41, 5.74) is 0. The minimum absolute atomic E-state index is 0.903. The number of furan rings is 2. The number of hydrogen-bond donors (Lipinski definition) is 2. The molecule has 0 bridgehead atoms. The van der Waals surface area contributed by atoms with Gasteiger partial charge in [0.05, 0.1) is 12.5 Å². The molecule has 0 saturated carbocycles. The van der Waals surface area contributed by atoms with Crippen LogP contribution in [-0.4, -0.2) is 16.4 Å². The highest BCUT2D eigenvalue weighted by Gasteiger charge is 1.98. The smallest absolute Gasteiger partial charge is 0.469 e. The molecule has 2 rings (SSSR count). The molecule has 86 valence electrons. The first-order chi connectivity index (χ1) is 7.68. The Morgan fingerprint density at radius 2 is 1.38 bits per heavy atom. The molecule has 5 heteroatoms. The predicted octanol–water partition coefficient (Wildman–Crippen LogP) is 2.88. The van der Waals surface area contributed by atoms with Crippen molar-refractivity contribution in [3.05, 3.63) is 48.3 Å². The van der Waals surface area contributed by atoms with E-state index in [9.17, 15) is 0 Å². The van der Waals surface area contributed by atoms with Crippen molar-refractivity contribution in [1.29, 1.82) is 0 Å². The molecular formula is C11H12O5. The zero-order valence-electron chi connectivity index (χ0n) is 8.50. The summed E-state index contributed by atoms with van der Waals surface area (Å²) in [6.07, 6.45) is 3.36. The first-order valence-electron chi connectivity index (χ1n) is 4.65. The quantitative estimate of drug-likeness (QED) is 0.837. The van der Waals surface area contributed by atoms with Crippen LogP contribution in [0.1, 0.15) is 11.5 Å². The van der Waals surface area contributed by atoms with E-state index >= 15 is 0 Å². The van der Waals surface area contributed by atoms with E-state index < -0.39 is 6.16 Å². The van der Waals surface area contributed by atoms with E-state index in [0.717, 1.165) is 24.4 Å². The zero-order valence-corrected chi connectivity index (χ0v) is 8.50. The van der Waals surface area contributed by atoms with Crippen LogP contribution in [0.5, 0.6) is 0 Å². The lowest BCUT2D eigenvalue weighted by atomic mass is 10.2. The lowest BCUT2D eigenvalue weighted by Crippen LogP contribution is -1.86. The summed E-state index contributed by atoms with van der Waals surface area (Å²) in [7, 11) is 0. The predicted molar refractivity (Wildman–Crippen MR) is 55.5 cm³/mol. The van der Waals surface area contributed by atoms with Crippen LogP contribution >= 0.6 is 0 Å². The second-order valence-electron chi connectivity index (χ2n) is 2.94. The Morgan fingerprint density at radius 1 is 1.00 bits per heavy atom. The van der Waals surface area contributed by atoms with Crippen LogP contribution in [0.2, 0.25) is 0 Å². The highest BCUT2D eigenvalue weighted by Crippen LogP contribution is 2.07. The van der Waals surface area contributed by atoms with Gasteiger partial charge in [-0.25, -0.2) is 4.79 Å². The Balaban J connectivity index is 0.000000280. The summed E-state index contributed by atoms with van der Waals surface area (Å²) in [6.45, 7) is 0. The normalized spacial score (nSPS) is 9.25. The van der Waals surface area contributed by atoms with Gasteiger partial charge in [0.25, 0.3) is 0 Å². The molecule has 0 unspecified atom stereocenters. The molecule has 0 fully saturated rings. The molecule has 2 N–H and O–H groups in total. The molecule has 0 aromatic carbocycles. The number of aryl methyl sites for hydroxylation is 2. The SMILES string of the molecule is O=C(O)O.c1coc(CCc2ccco2)c1. The molecule has 0 spiro atoms. The van der Waals surface area contributed by atoms with Crippen molar-refractivity contribution >= 4 is 6.16 Å². The van der Waals surface area contributed by atoms with Crippen LogP contribution < -0.4 is 0 Å². The van der Waals surface area contributed by atoms with E-state index in [1.807, 2.05) is 24.3 Å². The Hall–Kier alpha value is -2.17. The fraction of sp³-hybridized carbons (Fsp3) is 0.182. The molecule has 0 aliphatic heterocycles. The van der Waals surface area contributed by atoms with Gasteiger partial charge in [0, 0.05) is 12.8 Å². The van der Waals surface area contributed by atoms with Gasteiger partial charge in [0.15, 0.2) is 0 Å². The van der Waals surface area contributed by atoms with Crippen LogP contribution in [0, 0.1) is 0 Å². The number of rotatable bonds is 3. The standard InChI is InChI=1S/C10H10O2.CH2O3/c1-3-9(11-7-1)5-6-10-4-2-8-12-10;2-1(3)4/h1-4,7-8H,5-6H2;(H2,2,3,4). The molecule has 0 saturated heterocycles. The van der Waals surface area contributed by atoms with Gasteiger partial charge in [-0.3, -0.25) is 0 Å². The Kier molecular flexibility index (Phi) is 4.72. The summed E-state index contributed by atoms with van der Waals surface area (Å²) in [6, 6.07) is 7.75. The molecule has 2 aromatic heterocycles. The molecule has 0 aliphatic rings. The summed E-state index contributed by atoms with van der Waals surface area (Å²) in [5, 5.41) is 13.9. The fourth-order valence-electron chi connectivity index (χ4n) is 1.16. The topological polar surface area (TPSA) is 83.8 Å². The van der Waals surface area contributed by atoms with E-state index in [2.05, 4.69) is 0 Å². The van der Waals surface area contributed by atoms with Crippen molar-refractivity contribution in [1.82, 2.24) is 0 Å². The second-order valence-corrected chi connectivity index (χ2v) is 2.94. The molecule has 0 radical (unpaired) electrons. The first kappa shape index (κ1) is 11.9. The third kappa shape index (κ3) is 4.90. The maximum Gasteiger partial charge on any atom is 0.503 e. The molecule has 16 heavy (non-hydrogen) atoms. The van der Waals surface area contributed by atoms with Gasteiger partial charge in [0.1, 0.15) is 11.5 Å². The number of carboxylic acid groups (broad SMARTS) is 2. The molecule has 2 aromatic rings. The highest BCUT2D eigenvalue weighted by atomic mass is 16.6. The molecular weight excluding hydrogens is 212 g/mol. The van der Waals surface area contributed by atoms with E-state index in [-0.39, 0.29) is 0 Å². The second kappa shape index (κ2) is 6.34. The summed E-state index contributed by atoms with van der Waals surface area (Å²) < 4.78 is 10.4. The van der Waals surface area contributed by atoms with Crippen molar-refractivity contribution in [3.8, 4) is 0 Å². The summed E-state index contributed by atoms with van der Waals surface area (Å²) >= 11 is 0.